The van der Waals surface area contributed by atoms with Crippen molar-refractivity contribution in [1.82, 2.24) is 0 Å². The molecule has 5 heteroatoms. The molecule has 13 heavy (non-hydrogen) atoms. The summed E-state index contributed by atoms with van der Waals surface area (Å²) in [5.41, 5.74) is 8.36. The lowest BCUT2D eigenvalue weighted by Crippen LogP contribution is -2.02. The lowest BCUT2D eigenvalue weighted by Gasteiger charge is -2.07. The van der Waals surface area contributed by atoms with Crippen molar-refractivity contribution in [3.8, 4) is 0 Å². The van der Waals surface area contributed by atoms with E-state index >= 15 is 0 Å². The molecular weight excluding hydrogens is 173 g/mol. The van der Waals surface area contributed by atoms with Crippen molar-refractivity contribution < 1.29 is 9.50 Å². The zero-order chi connectivity index (χ0) is 9.68. The van der Waals surface area contributed by atoms with Crippen molar-refractivity contribution in [2.45, 2.75) is 6.04 Å². The molecule has 0 spiro atoms. The van der Waals surface area contributed by atoms with Crippen molar-refractivity contribution >= 4 is 0 Å². The number of nitrogens with zero attached hydrogens (tertiary/aromatic N) is 3. The molecule has 0 aromatic heterocycles. The Labute approximate surface area is 74.3 Å². The minimum atomic E-state index is -0.841. The third-order valence-electron chi connectivity index (χ3n) is 1.63. The number of halogens is 1. The van der Waals surface area contributed by atoms with Gasteiger partial charge in [0.2, 0.25) is 0 Å². The van der Waals surface area contributed by atoms with Crippen LogP contribution in [0.3, 0.4) is 0 Å². The number of rotatable bonds is 3. The van der Waals surface area contributed by atoms with Gasteiger partial charge in [0.15, 0.2) is 0 Å². The molecule has 0 radical (unpaired) electrons. The summed E-state index contributed by atoms with van der Waals surface area (Å²) in [7, 11) is 0. The smallest absolute Gasteiger partial charge is 0.126 e. The van der Waals surface area contributed by atoms with Crippen molar-refractivity contribution in [3.05, 3.63) is 46.1 Å². The van der Waals surface area contributed by atoms with Crippen LogP contribution < -0.4 is 0 Å². The number of hydrogen-bond acceptors (Lipinski definition) is 2. The zero-order valence-corrected chi connectivity index (χ0v) is 6.76. The maximum Gasteiger partial charge on any atom is 0.126 e. The Morgan fingerprint density at radius 1 is 1.54 bits per heavy atom. The van der Waals surface area contributed by atoms with Gasteiger partial charge in [0.25, 0.3) is 0 Å². The predicted molar refractivity (Wildman–Crippen MR) is 45.4 cm³/mol. The van der Waals surface area contributed by atoms with Crippen molar-refractivity contribution in [1.29, 1.82) is 0 Å². The first kappa shape index (κ1) is 9.51. The Hall–Kier alpha value is -1.58. The highest BCUT2D eigenvalue weighted by atomic mass is 19.1. The minimum Gasteiger partial charge on any atom is -0.396 e. The first-order chi connectivity index (χ1) is 6.29. The van der Waals surface area contributed by atoms with Crippen molar-refractivity contribution in [2.75, 3.05) is 6.61 Å². The molecule has 0 unspecified atom stereocenters. The number of azide groups is 1. The van der Waals surface area contributed by atoms with Gasteiger partial charge in [-0.15, -0.1) is 0 Å². The Balaban J connectivity index is 3.04. The SMILES string of the molecule is [N-]=[N+]=N[C@H](CO)c1ccccc1F. The first-order valence-electron chi connectivity index (χ1n) is 3.69. The van der Waals surface area contributed by atoms with E-state index in [9.17, 15) is 4.39 Å². The Kier molecular flexibility index (Phi) is 3.25. The van der Waals surface area contributed by atoms with Crippen LogP contribution in [0.5, 0.6) is 0 Å². The van der Waals surface area contributed by atoms with E-state index in [1.54, 1.807) is 6.07 Å². The highest BCUT2D eigenvalue weighted by Crippen LogP contribution is 2.19. The summed E-state index contributed by atoms with van der Waals surface area (Å²) in [6.07, 6.45) is 0. The van der Waals surface area contributed by atoms with Crippen LogP contribution >= 0.6 is 0 Å². The van der Waals surface area contributed by atoms with Gasteiger partial charge in [-0.1, -0.05) is 23.3 Å². The van der Waals surface area contributed by atoms with Gasteiger partial charge >= 0.3 is 0 Å². The average Bonchev–Trinajstić information content (AvgIpc) is 2.16. The average molecular weight is 181 g/mol. The molecule has 0 heterocycles. The van der Waals surface area contributed by atoms with Gasteiger partial charge in [-0.2, -0.15) is 0 Å². The summed E-state index contributed by atoms with van der Waals surface area (Å²) < 4.78 is 13.1. The molecule has 68 valence electrons. The van der Waals surface area contributed by atoms with Gasteiger partial charge in [0.1, 0.15) is 5.82 Å². The Bertz CT molecular complexity index is 336. The maximum atomic E-state index is 13.1. The highest BCUT2D eigenvalue weighted by Gasteiger charge is 2.11. The largest absolute Gasteiger partial charge is 0.396 e. The molecule has 0 fully saturated rings. The number of aliphatic hydroxyl groups excluding tert-OH is 1. The van der Waals surface area contributed by atoms with Crippen molar-refractivity contribution in [3.63, 3.8) is 0 Å². The van der Waals surface area contributed by atoms with Crippen LogP contribution in [0.1, 0.15) is 11.6 Å². The van der Waals surface area contributed by atoms with E-state index < -0.39 is 18.5 Å². The Morgan fingerprint density at radius 3 is 2.77 bits per heavy atom. The monoisotopic (exact) mass is 181 g/mol. The van der Waals surface area contributed by atoms with Crippen LogP contribution in [0, 0.1) is 5.82 Å². The molecule has 1 aromatic carbocycles. The van der Waals surface area contributed by atoms with Crippen molar-refractivity contribution in [2.24, 2.45) is 5.11 Å². The molecule has 1 aromatic rings. The molecule has 0 saturated carbocycles. The summed E-state index contributed by atoms with van der Waals surface area (Å²) in [4.78, 5) is 2.52. The van der Waals surface area contributed by atoms with Crippen LogP contribution in [-0.2, 0) is 0 Å². The molecule has 0 saturated heterocycles. The third kappa shape index (κ3) is 2.18. The van der Waals surface area contributed by atoms with Gasteiger partial charge in [-0.25, -0.2) is 4.39 Å². The molecule has 4 nitrogen and oxygen atoms in total. The molecule has 1 atom stereocenters. The summed E-state index contributed by atoms with van der Waals surface area (Å²) >= 11 is 0. The number of aliphatic hydroxyl groups is 1. The molecule has 0 bridgehead atoms. The molecule has 0 aliphatic rings. The fourth-order valence-corrected chi connectivity index (χ4v) is 1.00. The topological polar surface area (TPSA) is 69.0 Å². The van der Waals surface area contributed by atoms with Crippen LogP contribution in [0.25, 0.3) is 10.4 Å². The number of benzene rings is 1. The standard InChI is InChI=1S/C8H8FN3O/c9-7-4-2-1-3-6(7)8(5-13)11-12-10/h1-4,8,13H,5H2/t8-/m1/s1. The van der Waals surface area contributed by atoms with E-state index in [-0.39, 0.29) is 5.56 Å². The summed E-state index contributed by atoms with van der Waals surface area (Å²) in [5.74, 6) is -0.478. The molecule has 0 amide bonds. The van der Waals surface area contributed by atoms with E-state index in [0.29, 0.717) is 0 Å². The van der Waals surface area contributed by atoms with Crippen LogP contribution in [0.15, 0.2) is 29.4 Å². The molecule has 1 N–H and O–H groups in total. The quantitative estimate of drug-likeness (QED) is 0.433. The zero-order valence-electron chi connectivity index (χ0n) is 6.76. The van der Waals surface area contributed by atoms with E-state index in [0.717, 1.165) is 0 Å². The summed E-state index contributed by atoms with van der Waals surface area (Å²) in [6, 6.07) is 5.04. The van der Waals surface area contributed by atoms with Gasteiger partial charge in [-0.05, 0) is 17.2 Å². The molecule has 0 aliphatic carbocycles. The Morgan fingerprint density at radius 2 is 2.23 bits per heavy atom. The van der Waals surface area contributed by atoms with E-state index in [1.165, 1.54) is 18.2 Å². The highest BCUT2D eigenvalue weighted by molar-refractivity contribution is 5.21. The fraction of sp³-hybridized carbons (Fsp3) is 0.250. The predicted octanol–water partition coefficient (Wildman–Crippen LogP) is 2.17. The van der Waals surface area contributed by atoms with E-state index in [2.05, 4.69) is 10.0 Å². The van der Waals surface area contributed by atoms with Gasteiger partial charge < -0.3 is 5.11 Å². The minimum absolute atomic E-state index is 0.211. The second kappa shape index (κ2) is 4.45. The first-order valence-corrected chi connectivity index (χ1v) is 3.69. The fourth-order valence-electron chi connectivity index (χ4n) is 1.00. The maximum absolute atomic E-state index is 13.1. The van der Waals surface area contributed by atoms with Crippen LogP contribution in [0.2, 0.25) is 0 Å². The summed E-state index contributed by atoms with van der Waals surface area (Å²) in [6.45, 7) is -0.398. The van der Waals surface area contributed by atoms with E-state index in [4.69, 9.17) is 10.6 Å². The third-order valence-corrected chi connectivity index (χ3v) is 1.63. The molecule has 1 rings (SSSR count). The van der Waals surface area contributed by atoms with Gasteiger partial charge in [0.05, 0.1) is 12.6 Å². The van der Waals surface area contributed by atoms with Crippen LogP contribution in [0.4, 0.5) is 4.39 Å². The second-order valence-corrected chi connectivity index (χ2v) is 2.42. The lowest BCUT2D eigenvalue weighted by atomic mass is 10.1. The lowest BCUT2D eigenvalue weighted by molar-refractivity contribution is 0.265. The normalized spacial score (nSPS) is 11.8. The molecule has 0 aliphatic heterocycles. The van der Waals surface area contributed by atoms with E-state index in [1.807, 2.05) is 0 Å². The van der Waals surface area contributed by atoms with Crippen LogP contribution in [-0.4, -0.2) is 11.7 Å². The molecular formula is C8H8FN3O. The summed E-state index contributed by atoms with van der Waals surface area (Å²) in [5, 5.41) is 12.1. The number of hydrogen-bond donors (Lipinski definition) is 1. The van der Waals surface area contributed by atoms with Gasteiger partial charge in [0, 0.05) is 4.91 Å². The van der Waals surface area contributed by atoms with Gasteiger partial charge in [-0.3, -0.25) is 0 Å². The second-order valence-electron chi connectivity index (χ2n) is 2.42.